The molecule has 0 radical (unpaired) electrons. The zero-order valence-electron chi connectivity index (χ0n) is 13.2. The molecule has 1 aliphatic heterocycles. The van der Waals surface area contributed by atoms with Crippen molar-refractivity contribution in [3.8, 4) is 0 Å². The molecule has 1 saturated heterocycles. The average Bonchev–Trinajstić information content (AvgIpc) is 2.68. The zero-order chi connectivity index (χ0) is 15.2. The van der Waals surface area contributed by atoms with Crippen LogP contribution in [0, 0.1) is 29.1 Å². The van der Waals surface area contributed by atoms with Crippen LogP contribution in [0.1, 0.15) is 40.0 Å². The van der Waals surface area contributed by atoms with Gasteiger partial charge in [-0.1, -0.05) is 31.6 Å². The molecule has 1 saturated carbocycles. The molecule has 3 nitrogen and oxygen atoms in total. The maximum absolute atomic E-state index is 12.6. The quantitative estimate of drug-likeness (QED) is 0.628. The highest BCUT2D eigenvalue weighted by molar-refractivity contribution is 5.81. The van der Waals surface area contributed by atoms with Gasteiger partial charge in [-0.05, 0) is 50.5 Å². The van der Waals surface area contributed by atoms with Crippen LogP contribution in [0.5, 0.6) is 0 Å². The van der Waals surface area contributed by atoms with E-state index >= 15 is 0 Å². The highest BCUT2D eigenvalue weighted by atomic mass is 16.6. The zero-order valence-corrected chi connectivity index (χ0v) is 13.2. The van der Waals surface area contributed by atoms with Gasteiger partial charge in [-0.25, -0.2) is 0 Å². The lowest BCUT2D eigenvalue weighted by Crippen LogP contribution is -2.46. The summed E-state index contributed by atoms with van der Waals surface area (Å²) in [5.41, 5.74) is -0.396. The third-order valence-electron chi connectivity index (χ3n) is 5.81. The van der Waals surface area contributed by atoms with Gasteiger partial charge in [0.15, 0.2) is 0 Å². The molecule has 1 heterocycles. The smallest absolute Gasteiger partial charge is 0.313 e. The van der Waals surface area contributed by atoms with Gasteiger partial charge in [-0.15, -0.1) is 0 Å². The lowest BCUT2D eigenvalue weighted by molar-refractivity contribution is -0.151. The fraction of sp³-hybridized carbons (Fsp3) is 0.722. The van der Waals surface area contributed by atoms with E-state index in [2.05, 4.69) is 26.0 Å². The van der Waals surface area contributed by atoms with Crippen molar-refractivity contribution in [2.24, 2.45) is 29.1 Å². The summed E-state index contributed by atoms with van der Waals surface area (Å²) in [7, 11) is 0. The van der Waals surface area contributed by atoms with Gasteiger partial charge in [-0.2, -0.15) is 0 Å². The van der Waals surface area contributed by atoms with Gasteiger partial charge in [0.2, 0.25) is 0 Å². The summed E-state index contributed by atoms with van der Waals surface area (Å²) in [6.07, 6.45) is 10.9. The van der Waals surface area contributed by atoms with Crippen molar-refractivity contribution in [2.45, 2.75) is 52.2 Å². The summed E-state index contributed by atoms with van der Waals surface area (Å²) in [5.74, 6) is 1.72. The summed E-state index contributed by atoms with van der Waals surface area (Å²) in [6.45, 7) is 6.11. The van der Waals surface area contributed by atoms with Crippen LogP contribution in [0.4, 0.5) is 0 Å². The Morgan fingerprint density at radius 1 is 1.43 bits per heavy atom. The molecule has 3 heteroatoms. The predicted molar refractivity (Wildman–Crippen MR) is 81.4 cm³/mol. The number of esters is 1. The Kier molecular flexibility index (Phi) is 3.73. The van der Waals surface area contributed by atoms with E-state index < -0.39 is 11.5 Å². The molecule has 2 fully saturated rings. The van der Waals surface area contributed by atoms with Crippen molar-refractivity contribution in [2.75, 3.05) is 0 Å². The molecular weight excluding hydrogens is 264 g/mol. The highest BCUT2D eigenvalue weighted by Crippen LogP contribution is 2.56. The lowest BCUT2D eigenvalue weighted by Gasteiger charge is -2.46. The van der Waals surface area contributed by atoms with Crippen molar-refractivity contribution in [1.29, 1.82) is 0 Å². The number of hydrogen-bond acceptors (Lipinski definition) is 3. The third kappa shape index (κ3) is 2.36. The first-order valence-corrected chi connectivity index (χ1v) is 8.18. The largest absolute Gasteiger partial charge is 0.457 e. The number of rotatable bonds is 2. The van der Waals surface area contributed by atoms with Gasteiger partial charge in [0.1, 0.15) is 6.10 Å². The number of carbonyl (C=O) groups is 1. The molecule has 1 N–H and O–H groups in total. The standard InChI is InChI=1S/C18H26O3/c1-11-4-7-14-13(10-11)6-8-15-16(9-5-12(2)19)21-17(20)18(14,15)3/h5-6,8-9,11-16,19H,4,7,10H2,1-3H3/b9-5+/t11-,12+,13-,14-,15+,16+,18+/m1/s1. The lowest BCUT2D eigenvalue weighted by atomic mass is 9.55. The summed E-state index contributed by atoms with van der Waals surface area (Å²) in [4.78, 5) is 12.6. The van der Waals surface area contributed by atoms with Gasteiger partial charge >= 0.3 is 5.97 Å². The van der Waals surface area contributed by atoms with Crippen LogP contribution in [0.15, 0.2) is 24.3 Å². The first kappa shape index (κ1) is 14.8. The Bertz CT molecular complexity index is 479. The molecule has 0 aromatic heterocycles. The number of carbonyl (C=O) groups excluding carboxylic acids is 1. The first-order valence-electron chi connectivity index (χ1n) is 8.18. The molecule has 0 bridgehead atoms. The number of fused-ring (bicyclic) bond motifs is 3. The van der Waals surface area contributed by atoms with E-state index in [0.717, 1.165) is 12.3 Å². The monoisotopic (exact) mass is 290 g/mol. The highest BCUT2D eigenvalue weighted by Gasteiger charge is 2.59. The average molecular weight is 290 g/mol. The molecule has 116 valence electrons. The molecule has 0 unspecified atom stereocenters. The number of cyclic esters (lactones) is 1. The molecular formula is C18H26O3. The van der Waals surface area contributed by atoms with Gasteiger partial charge in [0.05, 0.1) is 11.5 Å². The molecule has 2 aliphatic carbocycles. The van der Waals surface area contributed by atoms with Gasteiger partial charge in [-0.3, -0.25) is 4.79 Å². The molecule has 7 atom stereocenters. The number of hydrogen-bond donors (Lipinski definition) is 1. The second-order valence-electron chi connectivity index (χ2n) is 7.38. The topological polar surface area (TPSA) is 46.5 Å². The molecule has 3 aliphatic rings. The molecule has 0 spiro atoms. The minimum absolute atomic E-state index is 0.0540. The van der Waals surface area contributed by atoms with E-state index in [-0.39, 0.29) is 18.0 Å². The maximum Gasteiger partial charge on any atom is 0.313 e. The van der Waals surface area contributed by atoms with Crippen LogP contribution in [-0.4, -0.2) is 23.3 Å². The van der Waals surface area contributed by atoms with E-state index in [0.29, 0.717) is 11.8 Å². The van der Waals surface area contributed by atoms with Gasteiger partial charge in [0.25, 0.3) is 0 Å². The normalized spacial score (nSPS) is 47.0. The predicted octanol–water partition coefficient (Wildman–Crippen LogP) is 3.09. The van der Waals surface area contributed by atoms with Crippen molar-refractivity contribution in [3.05, 3.63) is 24.3 Å². The van der Waals surface area contributed by atoms with Gasteiger partial charge in [0, 0.05) is 5.92 Å². The molecule has 0 amide bonds. The number of aliphatic hydroxyl groups excluding tert-OH is 1. The summed E-state index contributed by atoms with van der Waals surface area (Å²) < 4.78 is 5.65. The van der Waals surface area contributed by atoms with Crippen molar-refractivity contribution >= 4 is 5.97 Å². The second-order valence-corrected chi connectivity index (χ2v) is 7.38. The maximum atomic E-state index is 12.6. The summed E-state index contributed by atoms with van der Waals surface area (Å²) in [5, 5.41) is 9.41. The van der Waals surface area contributed by atoms with Crippen molar-refractivity contribution < 1.29 is 14.6 Å². The van der Waals surface area contributed by atoms with Crippen LogP contribution in [0.2, 0.25) is 0 Å². The van der Waals surface area contributed by atoms with Crippen LogP contribution in [-0.2, 0) is 9.53 Å². The van der Waals surface area contributed by atoms with Crippen LogP contribution < -0.4 is 0 Å². The van der Waals surface area contributed by atoms with E-state index in [4.69, 9.17) is 4.74 Å². The Labute approximate surface area is 127 Å². The third-order valence-corrected chi connectivity index (χ3v) is 5.81. The molecule has 3 rings (SSSR count). The van der Waals surface area contributed by atoms with E-state index in [1.165, 1.54) is 12.8 Å². The van der Waals surface area contributed by atoms with E-state index in [9.17, 15) is 9.90 Å². The Hall–Kier alpha value is -1.09. The first-order chi connectivity index (χ1) is 9.92. The molecule has 0 aromatic rings. The Morgan fingerprint density at radius 3 is 2.90 bits per heavy atom. The minimum atomic E-state index is -0.508. The van der Waals surface area contributed by atoms with E-state index in [1.54, 1.807) is 13.0 Å². The summed E-state index contributed by atoms with van der Waals surface area (Å²) in [6, 6.07) is 0. The molecule has 21 heavy (non-hydrogen) atoms. The van der Waals surface area contributed by atoms with Crippen molar-refractivity contribution in [3.63, 3.8) is 0 Å². The number of allylic oxidation sites excluding steroid dienone is 1. The SMILES string of the molecule is C[C@@H]1CC[C@@H]2[C@H](C=C[C@H]3[C@H](/C=C/[C@H](C)O)OC(=O)[C@@]23C)C1. The number of ether oxygens (including phenoxy) is 1. The van der Waals surface area contributed by atoms with Crippen molar-refractivity contribution in [1.82, 2.24) is 0 Å². The van der Waals surface area contributed by atoms with Crippen LogP contribution in [0.25, 0.3) is 0 Å². The van der Waals surface area contributed by atoms with Gasteiger partial charge < -0.3 is 9.84 Å². The summed E-state index contributed by atoms with van der Waals surface area (Å²) >= 11 is 0. The Morgan fingerprint density at radius 2 is 2.19 bits per heavy atom. The Balaban J connectivity index is 1.90. The van der Waals surface area contributed by atoms with E-state index in [1.807, 2.05) is 6.08 Å². The number of aliphatic hydroxyl groups is 1. The van der Waals surface area contributed by atoms with Crippen LogP contribution >= 0.6 is 0 Å². The second kappa shape index (κ2) is 5.28. The fourth-order valence-corrected chi connectivity index (χ4v) is 4.58. The molecule has 0 aromatic carbocycles. The fourth-order valence-electron chi connectivity index (χ4n) is 4.58. The minimum Gasteiger partial charge on any atom is -0.457 e. The van der Waals surface area contributed by atoms with Crippen LogP contribution in [0.3, 0.4) is 0 Å².